The van der Waals surface area contributed by atoms with E-state index in [0.717, 1.165) is 30.7 Å². The van der Waals surface area contributed by atoms with Crippen molar-refractivity contribution in [3.05, 3.63) is 16.4 Å². The van der Waals surface area contributed by atoms with Crippen LogP contribution in [0.2, 0.25) is 0 Å². The average molecular weight is 262 g/mol. The number of hydrogen-bond acceptors (Lipinski definition) is 3. The number of rotatable bonds is 6. The van der Waals surface area contributed by atoms with Gasteiger partial charge in [0.1, 0.15) is 0 Å². The summed E-state index contributed by atoms with van der Waals surface area (Å²) in [5.74, 6) is 0. The van der Waals surface area contributed by atoms with E-state index in [1.165, 1.54) is 5.69 Å². The summed E-state index contributed by atoms with van der Waals surface area (Å²) in [7, 11) is 1.70. The Labute approximate surface area is 92.8 Å². The molecule has 0 atom stereocenters. The van der Waals surface area contributed by atoms with Crippen molar-refractivity contribution >= 4 is 15.9 Å². The number of hydrogen-bond donors (Lipinski definition) is 1. The van der Waals surface area contributed by atoms with Gasteiger partial charge in [-0.05, 0) is 22.9 Å². The summed E-state index contributed by atoms with van der Waals surface area (Å²) in [5.41, 5.74) is 1.18. The highest BCUT2D eigenvalue weighted by Crippen LogP contribution is 2.15. The molecule has 4 nitrogen and oxygen atoms in total. The smallest absolute Gasteiger partial charge is 0.0664 e. The molecule has 1 heterocycles. The fourth-order valence-corrected chi connectivity index (χ4v) is 1.65. The van der Waals surface area contributed by atoms with Crippen LogP contribution >= 0.6 is 15.9 Å². The molecule has 0 saturated carbocycles. The highest BCUT2D eigenvalue weighted by molar-refractivity contribution is 9.10. The first-order valence-corrected chi connectivity index (χ1v) is 5.48. The minimum absolute atomic E-state index is 0.734. The molecule has 1 aromatic heterocycles. The molecule has 1 N–H and O–H groups in total. The fraction of sp³-hybridized carbons (Fsp3) is 0.667. The Balaban J connectivity index is 2.44. The molecule has 14 heavy (non-hydrogen) atoms. The zero-order valence-electron chi connectivity index (χ0n) is 8.59. The van der Waals surface area contributed by atoms with Crippen LogP contribution in [0.1, 0.15) is 12.6 Å². The third-order valence-corrected chi connectivity index (χ3v) is 2.64. The van der Waals surface area contributed by atoms with Crippen LogP contribution < -0.4 is 5.32 Å². The molecule has 0 fully saturated rings. The zero-order chi connectivity index (χ0) is 10.4. The minimum atomic E-state index is 0.734. The third kappa shape index (κ3) is 3.08. The van der Waals surface area contributed by atoms with Crippen molar-refractivity contribution < 1.29 is 4.74 Å². The Bertz CT molecular complexity index is 275. The highest BCUT2D eigenvalue weighted by atomic mass is 79.9. The molecule has 0 radical (unpaired) electrons. The van der Waals surface area contributed by atoms with Crippen LogP contribution in [0.3, 0.4) is 0 Å². The molecule has 0 amide bonds. The Hall–Kier alpha value is -0.390. The summed E-state index contributed by atoms with van der Waals surface area (Å²) in [4.78, 5) is 0. The van der Waals surface area contributed by atoms with Gasteiger partial charge in [0.05, 0.1) is 23.0 Å². The van der Waals surface area contributed by atoms with Gasteiger partial charge in [0, 0.05) is 26.7 Å². The van der Waals surface area contributed by atoms with E-state index in [2.05, 4.69) is 33.3 Å². The van der Waals surface area contributed by atoms with Crippen molar-refractivity contribution in [2.45, 2.75) is 20.0 Å². The normalized spacial score (nSPS) is 10.8. The molecule has 1 aromatic rings. The lowest BCUT2D eigenvalue weighted by atomic mass is 10.4. The molecule has 0 bridgehead atoms. The van der Waals surface area contributed by atoms with E-state index in [-0.39, 0.29) is 0 Å². The van der Waals surface area contributed by atoms with Crippen LogP contribution in [-0.2, 0) is 17.8 Å². The molecule has 1 rings (SSSR count). The van der Waals surface area contributed by atoms with Crippen LogP contribution in [0, 0.1) is 0 Å². The van der Waals surface area contributed by atoms with Gasteiger partial charge in [-0.25, -0.2) is 0 Å². The number of halogens is 1. The van der Waals surface area contributed by atoms with E-state index in [4.69, 9.17) is 4.74 Å². The quantitative estimate of drug-likeness (QED) is 0.788. The van der Waals surface area contributed by atoms with E-state index < -0.39 is 0 Å². The molecule has 0 unspecified atom stereocenters. The lowest BCUT2D eigenvalue weighted by Gasteiger charge is -2.06. The van der Waals surface area contributed by atoms with Gasteiger partial charge in [-0.15, -0.1) is 0 Å². The molecule has 0 aliphatic rings. The summed E-state index contributed by atoms with van der Waals surface area (Å²) < 4.78 is 7.99. The van der Waals surface area contributed by atoms with Gasteiger partial charge in [0.2, 0.25) is 0 Å². The number of methoxy groups -OCH3 is 1. The standard InChI is InChI=1S/C9H16BrN3O/c1-3-13-9(8(10)6-12-13)7-11-4-5-14-2/h6,11H,3-5,7H2,1-2H3. The number of nitrogens with zero attached hydrogens (tertiary/aromatic N) is 2. The number of aromatic nitrogens is 2. The molecule has 80 valence electrons. The van der Waals surface area contributed by atoms with Gasteiger partial charge in [-0.2, -0.15) is 5.10 Å². The van der Waals surface area contributed by atoms with E-state index in [1.54, 1.807) is 7.11 Å². The van der Waals surface area contributed by atoms with Crippen molar-refractivity contribution in [1.29, 1.82) is 0 Å². The second kappa shape index (κ2) is 6.16. The number of ether oxygens (including phenoxy) is 1. The Morgan fingerprint density at radius 3 is 3.07 bits per heavy atom. The van der Waals surface area contributed by atoms with Crippen molar-refractivity contribution in [2.24, 2.45) is 0 Å². The SMILES string of the molecule is CCn1ncc(Br)c1CNCCOC. The lowest BCUT2D eigenvalue weighted by molar-refractivity contribution is 0.199. The summed E-state index contributed by atoms with van der Waals surface area (Å²) >= 11 is 3.47. The maximum atomic E-state index is 4.95. The molecular formula is C9H16BrN3O. The van der Waals surface area contributed by atoms with Crippen molar-refractivity contribution in [2.75, 3.05) is 20.3 Å². The van der Waals surface area contributed by atoms with Gasteiger partial charge < -0.3 is 10.1 Å². The second-order valence-corrected chi connectivity index (χ2v) is 3.78. The number of nitrogens with one attached hydrogen (secondary N) is 1. The van der Waals surface area contributed by atoms with Crippen molar-refractivity contribution in [1.82, 2.24) is 15.1 Å². The maximum absolute atomic E-state index is 4.95. The van der Waals surface area contributed by atoms with Crippen LogP contribution in [0.4, 0.5) is 0 Å². The van der Waals surface area contributed by atoms with Crippen LogP contribution in [0.5, 0.6) is 0 Å². The van der Waals surface area contributed by atoms with E-state index in [1.807, 2.05) is 10.9 Å². The molecule has 0 saturated heterocycles. The van der Waals surface area contributed by atoms with Crippen LogP contribution in [0.15, 0.2) is 10.7 Å². The summed E-state index contributed by atoms with van der Waals surface area (Å²) in [5, 5.41) is 7.52. The first-order valence-electron chi connectivity index (χ1n) is 4.69. The average Bonchev–Trinajstić information content (AvgIpc) is 2.55. The zero-order valence-corrected chi connectivity index (χ0v) is 10.2. The monoisotopic (exact) mass is 261 g/mol. The highest BCUT2D eigenvalue weighted by Gasteiger charge is 2.05. The van der Waals surface area contributed by atoms with Crippen LogP contribution in [0.25, 0.3) is 0 Å². The Kier molecular flexibility index (Phi) is 5.14. The molecule has 0 spiro atoms. The van der Waals surface area contributed by atoms with Gasteiger partial charge in [-0.3, -0.25) is 4.68 Å². The molecule has 5 heteroatoms. The van der Waals surface area contributed by atoms with E-state index >= 15 is 0 Å². The maximum Gasteiger partial charge on any atom is 0.0664 e. The largest absolute Gasteiger partial charge is 0.383 e. The Morgan fingerprint density at radius 2 is 2.43 bits per heavy atom. The summed E-state index contributed by atoms with van der Waals surface area (Å²) in [6, 6.07) is 0. The van der Waals surface area contributed by atoms with Crippen molar-refractivity contribution in [3.63, 3.8) is 0 Å². The predicted octanol–water partition coefficient (Wildman–Crippen LogP) is 1.40. The summed E-state index contributed by atoms with van der Waals surface area (Å²) in [6.07, 6.45) is 1.83. The fourth-order valence-electron chi connectivity index (χ4n) is 1.22. The van der Waals surface area contributed by atoms with E-state index in [9.17, 15) is 0 Å². The second-order valence-electron chi connectivity index (χ2n) is 2.92. The van der Waals surface area contributed by atoms with Gasteiger partial charge in [0.15, 0.2) is 0 Å². The molecule has 0 aromatic carbocycles. The summed E-state index contributed by atoms with van der Waals surface area (Å²) in [6.45, 7) is 5.39. The predicted molar refractivity (Wildman–Crippen MR) is 59.2 cm³/mol. The minimum Gasteiger partial charge on any atom is -0.383 e. The van der Waals surface area contributed by atoms with Crippen molar-refractivity contribution in [3.8, 4) is 0 Å². The topological polar surface area (TPSA) is 39.1 Å². The lowest BCUT2D eigenvalue weighted by Crippen LogP contribution is -2.20. The van der Waals surface area contributed by atoms with Gasteiger partial charge >= 0.3 is 0 Å². The van der Waals surface area contributed by atoms with Gasteiger partial charge in [0.25, 0.3) is 0 Å². The Morgan fingerprint density at radius 1 is 1.64 bits per heavy atom. The molecule has 0 aliphatic carbocycles. The first kappa shape index (κ1) is 11.7. The van der Waals surface area contributed by atoms with E-state index in [0.29, 0.717) is 0 Å². The molecular weight excluding hydrogens is 246 g/mol. The molecule has 0 aliphatic heterocycles. The van der Waals surface area contributed by atoms with Crippen LogP contribution in [-0.4, -0.2) is 30.0 Å². The van der Waals surface area contributed by atoms with Gasteiger partial charge in [-0.1, -0.05) is 0 Å². The number of aryl methyl sites for hydroxylation is 1. The first-order chi connectivity index (χ1) is 6.79. The third-order valence-electron chi connectivity index (χ3n) is 1.97.